The van der Waals surface area contributed by atoms with Crippen LogP contribution >= 0.6 is 12.2 Å². The SMILES string of the molecule is O=C(COc1cccc(F)c1)NNC(=S)NCc1ccc(F)cc1. The van der Waals surface area contributed by atoms with Crippen molar-refractivity contribution in [2.24, 2.45) is 0 Å². The van der Waals surface area contributed by atoms with Gasteiger partial charge in [-0.1, -0.05) is 18.2 Å². The van der Waals surface area contributed by atoms with Crippen LogP contribution in [0.4, 0.5) is 8.78 Å². The number of nitrogens with one attached hydrogen (secondary N) is 3. The molecule has 0 fully saturated rings. The van der Waals surface area contributed by atoms with Gasteiger partial charge in [0.25, 0.3) is 5.91 Å². The Morgan fingerprint density at radius 2 is 1.79 bits per heavy atom. The first-order chi connectivity index (χ1) is 11.5. The van der Waals surface area contributed by atoms with Crippen molar-refractivity contribution >= 4 is 23.2 Å². The molecular formula is C16H15F2N3O2S. The molecule has 126 valence electrons. The molecule has 0 spiro atoms. The highest BCUT2D eigenvalue weighted by atomic mass is 32.1. The normalized spacial score (nSPS) is 9.92. The molecule has 0 radical (unpaired) electrons. The van der Waals surface area contributed by atoms with E-state index in [1.54, 1.807) is 18.2 Å². The number of hydrogen-bond donors (Lipinski definition) is 3. The van der Waals surface area contributed by atoms with E-state index in [4.69, 9.17) is 17.0 Å². The van der Waals surface area contributed by atoms with Crippen LogP contribution in [0.1, 0.15) is 5.56 Å². The van der Waals surface area contributed by atoms with Gasteiger partial charge in [-0.25, -0.2) is 8.78 Å². The Bertz CT molecular complexity index is 711. The Kier molecular flexibility index (Phi) is 6.44. The summed E-state index contributed by atoms with van der Waals surface area (Å²) < 4.78 is 30.9. The number of carbonyl (C=O) groups excluding carboxylic acids is 1. The number of thiocarbonyl (C=S) groups is 1. The molecule has 2 aromatic rings. The van der Waals surface area contributed by atoms with E-state index >= 15 is 0 Å². The number of rotatable bonds is 5. The second-order valence-corrected chi connectivity index (χ2v) is 5.14. The number of ether oxygens (including phenoxy) is 1. The van der Waals surface area contributed by atoms with Crippen LogP contribution in [-0.2, 0) is 11.3 Å². The molecule has 0 aromatic heterocycles. The summed E-state index contributed by atoms with van der Waals surface area (Å²) in [6.07, 6.45) is 0. The smallest absolute Gasteiger partial charge is 0.276 e. The fraction of sp³-hybridized carbons (Fsp3) is 0.125. The topological polar surface area (TPSA) is 62.4 Å². The Labute approximate surface area is 143 Å². The maximum Gasteiger partial charge on any atom is 0.276 e. The van der Waals surface area contributed by atoms with Crippen molar-refractivity contribution in [3.05, 3.63) is 65.7 Å². The maximum absolute atomic E-state index is 13.0. The molecule has 0 atom stereocenters. The quantitative estimate of drug-likeness (QED) is 0.568. The zero-order chi connectivity index (χ0) is 17.4. The third kappa shape index (κ3) is 6.17. The highest BCUT2D eigenvalue weighted by Crippen LogP contribution is 2.11. The lowest BCUT2D eigenvalue weighted by atomic mass is 10.2. The first-order valence-electron chi connectivity index (χ1n) is 6.98. The second-order valence-electron chi connectivity index (χ2n) is 4.73. The van der Waals surface area contributed by atoms with Gasteiger partial charge in [0.1, 0.15) is 17.4 Å². The van der Waals surface area contributed by atoms with E-state index in [-0.39, 0.29) is 23.3 Å². The van der Waals surface area contributed by atoms with Crippen LogP contribution in [0.2, 0.25) is 0 Å². The summed E-state index contributed by atoms with van der Waals surface area (Å²) >= 11 is 4.99. The van der Waals surface area contributed by atoms with Crippen molar-refractivity contribution < 1.29 is 18.3 Å². The summed E-state index contributed by atoms with van der Waals surface area (Å²) in [6, 6.07) is 11.4. The second kappa shape index (κ2) is 8.78. The first kappa shape index (κ1) is 17.6. The lowest BCUT2D eigenvalue weighted by Crippen LogP contribution is -2.48. The molecule has 1 amide bonds. The van der Waals surface area contributed by atoms with E-state index in [0.717, 1.165) is 5.56 Å². The van der Waals surface area contributed by atoms with Crippen molar-refractivity contribution in [1.82, 2.24) is 16.2 Å². The van der Waals surface area contributed by atoms with Crippen LogP contribution in [0.15, 0.2) is 48.5 Å². The van der Waals surface area contributed by atoms with Gasteiger partial charge in [0.05, 0.1) is 0 Å². The third-order valence-electron chi connectivity index (χ3n) is 2.85. The van der Waals surface area contributed by atoms with Crippen LogP contribution in [0.25, 0.3) is 0 Å². The van der Waals surface area contributed by atoms with E-state index in [9.17, 15) is 13.6 Å². The molecule has 2 rings (SSSR count). The van der Waals surface area contributed by atoms with Crippen LogP contribution in [0.5, 0.6) is 5.75 Å². The summed E-state index contributed by atoms with van der Waals surface area (Å²) in [4.78, 5) is 11.6. The van der Waals surface area contributed by atoms with E-state index in [2.05, 4.69) is 16.2 Å². The molecule has 5 nitrogen and oxygen atoms in total. The van der Waals surface area contributed by atoms with E-state index in [1.807, 2.05) is 0 Å². The minimum atomic E-state index is -0.481. The third-order valence-corrected chi connectivity index (χ3v) is 3.09. The molecule has 0 aliphatic rings. The van der Waals surface area contributed by atoms with Gasteiger partial charge in [-0.05, 0) is 42.0 Å². The van der Waals surface area contributed by atoms with E-state index in [0.29, 0.717) is 6.54 Å². The summed E-state index contributed by atoms with van der Waals surface area (Å²) in [5.74, 6) is -0.991. The molecule has 0 bridgehead atoms. The Hall–Kier alpha value is -2.74. The molecule has 0 unspecified atom stereocenters. The zero-order valence-corrected chi connectivity index (χ0v) is 13.3. The summed E-state index contributed by atoms with van der Waals surface area (Å²) in [6.45, 7) is 0.0821. The van der Waals surface area contributed by atoms with Crippen molar-refractivity contribution in [3.63, 3.8) is 0 Å². The summed E-state index contributed by atoms with van der Waals surface area (Å²) in [7, 11) is 0. The van der Waals surface area contributed by atoms with Gasteiger partial charge in [0, 0.05) is 12.6 Å². The first-order valence-corrected chi connectivity index (χ1v) is 7.39. The largest absolute Gasteiger partial charge is 0.484 e. The summed E-state index contributed by atoms with van der Waals surface area (Å²) in [5, 5.41) is 3.04. The maximum atomic E-state index is 13.0. The predicted octanol–water partition coefficient (Wildman–Crippen LogP) is 2.04. The van der Waals surface area contributed by atoms with Crippen LogP contribution < -0.4 is 20.9 Å². The fourth-order valence-corrected chi connectivity index (χ4v) is 1.82. The molecule has 8 heteroatoms. The average Bonchev–Trinajstić information content (AvgIpc) is 2.57. The Balaban J connectivity index is 1.65. The zero-order valence-electron chi connectivity index (χ0n) is 12.5. The van der Waals surface area contributed by atoms with Crippen LogP contribution in [0, 0.1) is 11.6 Å². The van der Waals surface area contributed by atoms with Crippen molar-refractivity contribution in [2.45, 2.75) is 6.54 Å². The molecule has 0 saturated heterocycles. The minimum Gasteiger partial charge on any atom is -0.484 e. The standard InChI is InChI=1S/C16H15F2N3O2S/c17-12-6-4-11(5-7-12)9-19-16(24)21-20-15(22)10-23-14-3-1-2-13(18)8-14/h1-8H,9-10H2,(H,20,22)(H2,19,21,24). The summed E-state index contributed by atoms with van der Waals surface area (Å²) in [5.41, 5.74) is 5.68. The van der Waals surface area contributed by atoms with E-state index in [1.165, 1.54) is 30.3 Å². The number of hydrazine groups is 1. The Morgan fingerprint density at radius 3 is 2.50 bits per heavy atom. The van der Waals surface area contributed by atoms with Gasteiger partial charge in [-0.3, -0.25) is 15.6 Å². The van der Waals surface area contributed by atoms with Gasteiger partial charge in [0.15, 0.2) is 11.7 Å². The molecule has 24 heavy (non-hydrogen) atoms. The highest BCUT2D eigenvalue weighted by Gasteiger charge is 2.04. The van der Waals surface area contributed by atoms with Gasteiger partial charge in [0.2, 0.25) is 0 Å². The average molecular weight is 351 g/mol. The number of amides is 1. The van der Waals surface area contributed by atoms with Gasteiger partial charge in [-0.2, -0.15) is 0 Å². The highest BCUT2D eigenvalue weighted by molar-refractivity contribution is 7.80. The minimum absolute atomic E-state index is 0.193. The van der Waals surface area contributed by atoms with Crippen LogP contribution in [0.3, 0.4) is 0 Å². The fourth-order valence-electron chi connectivity index (χ4n) is 1.70. The lowest BCUT2D eigenvalue weighted by Gasteiger charge is -2.12. The molecule has 0 saturated carbocycles. The van der Waals surface area contributed by atoms with Crippen molar-refractivity contribution in [1.29, 1.82) is 0 Å². The van der Waals surface area contributed by atoms with Gasteiger partial charge < -0.3 is 10.1 Å². The van der Waals surface area contributed by atoms with Gasteiger partial charge in [-0.15, -0.1) is 0 Å². The molecule has 0 aliphatic carbocycles. The number of benzene rings is 2. The van der Waals surface area contributed by atoms with Crippen LogP contribution in [-0.4, -0.2) is 17.6 Å². The molecule has 0 heterocycles. The molecule has 2 aromatic carbocycles. The number of halogens is 2. The molecule has 3 N–H and O–H groups in total. The van der Waals surface area contributed by atoms with Crippen molar-refractivity contribution in [2.75, 3.05) is 6.61 Å². The Morgan fingerprint density at radius 1 is 1.04 bits per heavy atom. The van der Waals surface area contributed by atoms with Crippen molar-refractivity contribution in [3.8, 4) is 5.75 Å². The number of carbonyl (C=O) groups is 1. The van der Waals surface area contributed by atoms with Gasteiger partial charge >= 0.3 is 0 Å². The molecule has 0 aliphatic heterocycles. The van der Waals surface area contributed by atoms with E-state index < -0.39 is 11.7 Å². The predicted molar refractivity (Wildman–Crippen MR) is 89.0 cm³/mol. The monoisotopic (exact) mass is 351 g/mol. The molecular weight excluding hydrogens is 336 g/mol. The number of hydrogen-bond acceptors (Lipinski definition) is 3. The lowest BCUT2D eigenvalue weighted by molar-refractivity contribution is -0.123.